The molecule has 0 aliphatic carbocycles. The number of hydrogen-bond acceptors (Lipinski definition) is 7. The number of amidine groups is 1. The highest BCUT2D eigenvalue weighted by Crippen LogP contribution is 2.21. The lowest BCUT2D eigenvalue weighted by atomic mass is 10.1. The molecule has 0 atom stereocenters. The van der Waals surface area contributed by atoms with Crippen LogP contribution in [0.15, 0.2) is 51.4 Å². The van der Waals surface area contributed by atoms with Gasteiger partial charge in [0.05, 0.1) is 6.61 Å². The van der Waals surface area contributed by atoms with E-state index in [-0.39, 0.29) is 18.2 Å². The van der Waals surface area contributed by atoms with Crippen molar-refractivity contribution in [3.63, 3.8) is 0 Å². The lowest BCUT2D eigenvalue weighted by molar-refractivity contribution is 0.0490. The number of rotatable bonds is 5. The van der Waals surface area contributed by atoms with E-state index in [9.17, 15) is 9.59 Å². The van der Waals surface area contributed by atoms with Crippen LogP contribution < -0.4 is 5.73 Å². The van der Waals surface area contributed by atoms with Crippen molar-refractivity contribution in [3.05, 3.63) is 58.0 Å². The summed E-state index contributed by atoms with van der Waals surface area (Å²) in [6.45, 7) is 1.98. The summed E-state index contributed by atoms with van der Waals surface area (Å²) in [7, 11) is 0. The number of oxime groups is 1. The van der Waals surface area contributed by atoms with Crippen molar-refractivity contribution in [2.75, 3.05) is 6.61 Å². The SMILES string of the molecule is CCOC(=O)c1cc2ccc(/C(N)=N/OC(=O)c3cccs3)cc2o1. The van der Waals surface area contributed by atoms with Crippen LogP contribution in [-0.2, 0) is 9.57 Å². The first-order valence-corrected chi connectivity index (χ1v) is 8.26. The van der Waals surface area contributed by atoms with Crippen molar-refractivity contribution in [3.8, 4) is 0 Å². The average molecular weight is 358 g/mol. The first kappa shape index (κ1) is 16.7. The van der Waals surface area contributed by atoms with Gasteiger partial charge >= 0.3 is 11.9 Å². The zero-order valence-electron chi connectivity index (χ0n) is 13.2. The average Bonchev–Trinajstić information content (AvgIpc) is 3.28. The summed E-state index contributed by atoms with van der Waals surface area (Å²) in [5.41, 5.74) is 6.79. The fraction of sp³-hybridized carbons (Fsp3) is 0.118. The van der Waals surface area contributed by atoms with Crippen LogP contribution in [0.1, 0.15) is 32.7 Å². The largest absolute Gasteiger partial charge is 0.460 e. The Kier molecular flexibility index (Phi) is 4.80. The third-order valence-corrected chi connectivity index (χ3v) is 4.09. The van der Waals surface area contributed by atoms with Gasteiger partial charge < -0.3 is 19.7 Å². The molecule has 0 radical (unpaired) electrons. The van der Waals surface area contributed by atoms with E-state index < -0.39 is 11.9 Å². The Balaban J connectivity index is 1.79. The zero-order chi connectivity index (χ0) is 17.8. The molecule has 0 aliphatic heterocycles. The van der Waals surface area contributed by atoms with Crippen LogP contribution in [0.4, 0.5) is 0 Å². The molecule has 8 heteroatoms. The highest BCUT2D eigenvalue weighted by Gasteiger charge is 2.14. The zero-order valence-corrected chi connectivity index (χ0v) is 14.0. The van der Waals surface area contributed by atoms with Crippen LogP contribution in [0.3, 0.4) is 0 Å². The van der Waals surface area contributed by atoms with E-state index in [4.69, 9.17) is 19.7 Å². The first-order valence-electron chi connectivity index (χ1n) is 7.38. The minimum atomic E-state index is -0.582. The topological polar surface area (TPSA) is 104 Å². The molecule has 2 heterocycles. The van der Waals surface area contributed by atoms with E-state index in [1.807, 2.05) is 0 Å². The highest BCUT2D eigenvalue weighted by molar-refractivity contribution is 7.11. The summed E-state index contributed by atoms with van der Waals surface area (Å²) in [6.07, 6.45) is 0. The van der Waals surface area contributed by atoms with Crippen molar-refractivity contribution < 1.29 is 23.6 Å². The molecule has 2 N–H and O–H groups in total. The summed E-state index contributed by atoms with van der Waals surface area (Å²) in [5.74, 6) is -0.997. The van der Waals surface area contributed by atoms with Crippen LogP contribution in [-0.4, -0.2) is 24.4 Å². The minimum Gasteiger partial charge on any atom is -0.460 e. The molecular weight excluding hydrogens is 344 g/mol. The van der Waals surface area contributed by atoms with Crippen LogP contribution in [0.25, 0.3) is 11.0 Å². The molecule has 0 spiro atoms. The molecule has 3 rings (SSSR count). The number of nitrogens with two attached hydrogens (primary N) is 1. The second kappa shape index (κ2) is 7.18. The lowest BCUT2D eigenvalue weighted by Crippen LogP contribution is -2.14. The maximum atomic E-state index is 11.7. The standard InChI is InChI=1S/C17H14N2O5S/c1-2-22-16(20)13-8-10-5-6-11(9-12(10)23-13)15(18)19-24-17(21)14-4-3-7-25-14/h3-9H,2H2,1H3,(H2,18,19). The highest BCUT2D eigenvalue weighted by atomic mass is 32.1. The third kappa shape index (κ3) is 3.69. The number of carbonyl (C=O) groups is 2. The number of nitrogens with zero attached hydrogens (tertiary/aromatic N) is 1. The second-order valence-corrected chi connectivity index (χ2v) is 5.86. The summed E-state index contributed by atoms with van der Waals surface area (Å²) < 4.78 is 10.4. The van der Waals surface area contributed by atoms with Gasteiger partial charge in [0, 0.05) is 10.9 Å². The van der Waals surface area contributed by atoms with Gasteiger partial charge in [-0.3, -0.25) is 0 Å². The van der Waals surface area contributed by atoms with E-state index >= 15 is 0 Å². The predicted molar refractivity (Wildman–Crippen MR) is 92.6 cm³/mol. The number of fused-ring (bicyclic) bond motifs is 1. The van der Waals surface area contributed by atoms with E-state index in [1.54, 1.807) is 48.7 Å². The Bertz CT molecular complexity index is 943. The van der Waals surface area contributed by atoms with Crippen molar-refractivity contribution in [2.24, 2.45) is 10.9 Å². The molecule has 0 saturated carbocycles. The molecule has 1 aromatic carbocycles. The van der Waals surface area contributed by atoms with Crippen molar-refractivity contribution in [1.82, 2.24) is 0 Å². The summed E-state index contributed by atoms with van der Waals surface area (Å²) in [6, 6.07) is 9.97. The van der Waals surface area contributed by atoms with Gasteiger partial charge in [-0.05, 0) is 30.5 Å². The summed E-state index contributed by atoms with van der Waals surface area (Å²) in [5, 5.41) is 6.12. The maximum Gasteiger partial charge on any atom is 0.375 e. The van der Waals surface area contributed by atoms with Crippen molar-refractivity contribution >= 4 is 40.1 Å². The van der Waals surface area contributed by atoms with Gasteiger partial charge in [-0.25, -0.2) is 9.59 Å². The third-order valence-electron chi connectivity index (χ3n) is 3.24. The number of hydrogen-bond donors (Lipinski definition) is 1. The number of esters is 1. The monoisotopic (exact) mass is 358 g/mol. The quantitative estimate of drug-likeness (QED) is 0.247. The van der Waals surface area contributed by atoms with Crippen LogP contribution in [0.2, 0.25) is 0 Å². The van der Waals surface area contributed by atoms with Gasteiger partial charge in [0.25, 0.3) is 0 Å². The first-order chi connectivity index (χ1) is 12.1. The molecule has 0 fully saturated rings. The fourth-order valence-corrected chi connectivity index (χ4v) is 2.67. The molecule has 7 nitrogen and oxygen atoms in total. The molecule has 0 bridgehead atoms. The summed E-state index contributed by atoms with van der Waals surface area (Å²) in [4.78, 5) is 28.7. The fourth-order valence-electron chi connectivity index (χ4n) is 2.08. The minimum absolute atomic E-state index is 0.0147. The van der Waals surface area contributed by atoms with E-state index in [1.165, 1.54) is 11.3 Å². The van der Waals surface area contributed by atoms with E-state index in [2.05, 4.69) is 5.16 Å². The molecule has 0 unspecified atom stereocenters. The Morgan fingerprint density at radius 2 is 2.08 bits per heavy atom. The van der Waals surface area contributed by atoms with Crippen LogP contribution in [0.5, 0.6) is 0 Å². The van der Waals surface area contributed by atoms with Gasteiger partial charge in [-0.15, -0.1) is 11.3 Å². The predicted octanol–water partition coefficient (Wildman–Crippen LogP) is 3.15. The number of carbonyl (C=O) groups excluding carboxylic acids is 2. The molecule has 0 saturated heterocycles. The van der Waals surface area contributed by atoms with Gasteiger partial charge in [0.2, 0.25) is 5.76 Å². The van der Waals surface area contributed by atoms with Gasteiger partial charge in [-0.2, -0.15) is 0 Å². The second-order valence-electron chi connectivity index (χ2n) is 4.92. The lowest BCUT2D eigenvalue weighted by Gasteiger charge is -2.00. The van der Waals surface area contributed by atoms with Crippen LogP contribution in [0, 0.1) is 0 Å². The molecule has 2 aromatic heterocycles. The summed E-state index contributed by atoms with van der Waals surface area (Å²) >= 11 is 1.25. The van der Waals surface area contributed by atoms with Crippen LogP contribution >= 0.6 is 11.3 Å². The maximum absolute atomic E-state index is 11.7. The van der Waals surface area contributed by atoms with Gasteiger partial charge in [0.15, 0.2) is 5.84 Å². The van der Waals surface area contributed by atoms with Gasteiger partial charge in [-0.1, -0.05) is 23.4 Å². The smallest absolute Gasteiger partial charge is 0.375 e. The molecular formula is C17H14N2O5S. The molecule has 0 aliphatic rings. The molecule has 0 amide bonds. The molecule has 3 aromatic rings. The van der Waals surface area contributed by atoms with Crippen molar-refractivity contribution in [1.29, 1.82) is 0 Å². The molecule has 128 valence electrons. The Morgan fingerprint density at radius 1 is 1.24 bits per heavy atom. The Labute approximate surface area is 146 Å². The van der Waals surface area contributed by atoms with Crippen molar-refractivity contribution in [2.45, 2.75) is 6.92 Å². The molecule has 25 heavy (non-hydrogen) atoms. The van der Waals surface area contributed by atoms with Gasteiger partial charge in [0.1, 0.15) is 10.5 Å². The van der Waals surface area contributed by atoms with E-state index in [0.29, 0.717) is 16.0 Å². The Morgan fingerprint density at radius 3 is 2.80 bits per heavy atom. The Hall–Kier alpha value is -3.13. The number of benzene rings is 1. The number of furan rings is 1. The number of thiophene rings is 1. The normalized spacial score (nSPS) is 11.5. The van der Waals surface area contributed by atoms with E-state index in [0.717, 1.165) is 5.39 Å². The number of ether oxygens (including phenoxy) is 1.